The highest BCUT2D eigenvalue weighted by Gasteiger charge is 2.18. The quantitative estimate of drug-likeness (QED) is 0.447. The van der Waals surface area contributed by atoms with E-state index in [9.17, 15) is 19.7 Å². The number of non-ortho nitro benzene ring substituents is 1. The zero-order valence-electron chi connectivity index (χ0n) is 16.0. The summed E-state index contributed by atoms with van der Waals surface area (Å²) in [5.74, 6) is -0.844. The molecule has 0 aliphatic carbocycles. The van der Waals surface area contributed by atoms with E-state index in [-0.39, 0.29) is 12.1 Å². The highest BCUT2D eigenvalue weighted by atomic mass is 16.6. The summed E-state index contributed by atoms with van der Waals surface area (Å²) in [5.41, 5.74) is 6.90. The van der Waals surface area contributed by atoms with E-state index in [1.807, 2.05) is 0 Å². The molecule has 0 spiro atoms. The van der Waals surface area contributed by atoms with Gasteiger partial charge >= 0.3 is 5.97 Å². The molecule has 2 aromatic rings. The van der Waals surface area contributed by atoms with Crippen LogP contribution in [-0.2, 0) is 16.0 Å². The molecule has 2 aromatic carbocycles. The Hall–Kier alpha value is -3.26. The van der Waals surface area contributed by atoms with Gasteiger partial charge in [-0.3, -0.25) is 14.9 Å². The molecular formula is C20H23N3O5. The van der Waals surface area contributed by atoms with E-state index in [1.165, 1.54) is 12.1 Å². The average molecular weight is 385 g/mol. The van der Waals surface area contributed by atoms with Gasteiger partial charge in [-0.25, -0.2) is 4.79 Å². The molecule has 1 atom stereocenters. The summed E-state index contributed by atoms with van der Waals surface area (Å²) in [5, 5.41) is 13.3. The van der Waals surface area contributed by atoms with Crippen molar-refractivity contribution in [1.82, 2.24) is 0 Å². The molecular weight excluding hydrogens is 362 g/mol. The molecule has 1 amide bonds. The van der Waals surface area contributed by atoms with Crippen molar-refractivity contribution in [2.24, 2.45) is 5.73 Å². The molecule has 0 radical (unpaired) electrons. The first-order chi connectivity index (χ1) is 13.0. The monoisotopic (exact) mass is 385 g/mol. The Morgan fingerprint density at radius 1 is 1.11 bits per heavy atom. The van der Waals surface area contributed by atoms with Gasteiger partial charge in [-0.1, -0.05) is 12.1 Å². The van der Waals surface area contributed by atoms with Crippen molar-refractivity contribution in [2.75, 3.05) is 5.32 Å². The van der Waals surface area contributed by atoms with Gasteiger partial charge < -0.3 is 15.8 Å². The van der Waals surface area contributed by atoms with Crippen LogP contribution in [0, 0.1) is 10.1 Å². The summed E-state index contributed by atoms with van der Waals surface area (Å²) in [4.78, 5) is 34.4. The molecule has 3 N–H and O–H groups in total. The van der Waals surface area contributed by atoms with Gasteiger partial charge in [0, 0.05) is 17.8 Å². The molecule has 0 aromatic heterocycles. The SMILES string of the molecule is CC(C)(C)OC(=O)c1ccc(NC(=O)[C@@H](N)Cc2ccc([N+](=O)[O-])cc2)cc1. The first-order valence-electron chi connectivity index (χ1n) is 8.68. The summed E-state index contributed by atoms with van der Waals surface area (Å²) in [6.45, 7) is 5.35. The van der Waals surface area contributed by atoms with Crippen LogP contribution in [0.5, 0.6) is 0 Å². The average Bonchev–Trinajstić information content (AvgIpc) is 2.61. The van der Waals surface area contributed by atoms with Gasteiger partial charge in [0.05, 0.1) is 16.5 Å². The number of ether oxygens (including phenoxy) is 1. The molecule has 0 unspecified atom stereocenters. The van der Waals surface area contributed by atoms with E-state index < -0.39 is 28.4 Å². The molecule has 0 saturated carbocycles. The minimum Gasteiger partial charge on any atom is -0.456 e. The van der Waals surface area contributed by atoms with Gasteiger partial charge in [-0.05, 0) is 57.0 Å². The largest absolute Gasteiger partial charge is 0.456 e. The van der Waals surface area contributed by atoms with Gasteiger partial charge in [-0.2, -0.15) is 0 Å². The van der Waals surface area contributed by atoms with Crippen molar-refractivity contribution in [3.8, 4) is 0 Å². The summed E-state index contributed by atoms with van der Waals surface area (Å²) < 4.78 is 5.28. The normalized spacial score (nSPS) is 12.1. The molecule has 0 aliphatic rings. The molecule has 0 fully saturated rings. The van der Waals surface area contributed by atoms with Gasteiger partial charge in [-0.15, -0.1) is 0 Å². The standard InChI is InChI=1S/C20H23N3O5/c1-20(2,3)28-19(25)14-6-8-15(9-7-14)22-18(24)17(21)12-13-4-10-16(11-5-13)23(26)27/h4-11,17H,12,21H2,1-3H3,(H,22,24)/t17-/m0/s1. The number of carbonyl (C=O) groups is 2. The summed E-state index contributed by atoms with van der Waals surface area (Å²) in [6, 6.07) is 11.4. The van der Waals surface area contributed by atoms with Crippen molar-refractivity contribution in [1.29, 1.82) is 0 Å². The van der Waals surface area contributed by atoms with Crippen LogP contribution >= 0.6 is 0 Å². The number of nitro groups is 1. The number of hydrogen-bond acceptors (Lipinski definition) is 6. The van der Waals surface area contributed by atoms with Gasteiger partial charge in [0.1, 0.15) is 5.60 Å². The van der Waals surface area contributed by atoms with Crippen LogP contribution in [0.3, 0.4) is 0 Å². The lowest BCUT2D eigenvalue weighted by atomic mass is 10.1. The number of esters is 1. The molecule has 8 heteroatoms. The van der Waals surface area contributed by atoms with E-state index in [0.717, 1.165) is 0 Å². The zero-order chi connectivity index (χ0) is 20.9. The minimum absolute atomic E-state index is 0.0214. The number of nitro benzene ring substituents is 1. The van der Waals surface area contributed by atoms with Crippen LogP contribution in [0.4, 0.5) is 11.4 Å². The highest BCUT2D eigenvalue weighted by Crippen LogP contribution is 2.16. The van der Waals surface area contributed by atoms with Gasteiger partial charge in [0.15, 0.2) is 0 Å². The number of nitrogens with two attached hydrogens (primary N) is 1. The number of nitrogens with one attached hydrogen (secondary N) is 1. The predicted octanol–water partition coefficient (Wildman–Crippen LogP) is 3.06. The third kappa shape index (κ3) is 6.17. The van der Waals surface area contributed by atoms with E-state index in [0.29, 0.717) is 16.8 Å². The fraction of sp³-hybridized carbons (Fsp3) is 0.300. The molecule has 148 valence electrons. The van der Waals surface area contributed by atoms with E-state index in [2.05, 4.69) is 5.32 Å². The number of rotatable bonds is 6. The maximum Gasteiger partial charge on any atom is 0.338 e. The minimum atomic E-state index is -0.827. The number of hydrogen-bond donors (Lipinski definition) is 2. The summed E-state index contributed by atoms with van der Waals surface area (Å²) >= 11 is 0. The van der Waals surface area contributed by atoms with Crippen LogP contribution in [0.25, 0.3) is 0 Å². The van der Waals surface area contributed by atoms with Gasteiger partial charge in [0.25, 0.3) is 5.69 Å². The predicted molar refractivity (Wildman–Crippen MR) is 105 cm³/mol. The summed E-state index contributed by atoms with van der Waals surface area (Å²) in [6.07, 6.45) is 0.236. The lowest BCUT2D eigenvalue weighted by molar-refractivity contribution is -0.384. The molecule has 8 nitrogen and oxygen atoms in total. The number of benzene rings is 2. The van der Waals surface area contributed by atoms with Crippen molar-refractivity contribution in [2.45, 2.75) is 38.8 Å². The van der Waals surface area contributed by atoms with E-state index in [1.54, 1.807) is 57.2 Å². The molecule has 0 bridgehead atoms. The second-order valence-corrected chi connectivity index (χ2v) is 7.30. The number of anilines is 1. The third-order valence-electron chi connectivity index (χ3n) is 3.73. The van der Waals surface area contributed by atoms with Crippen molar-refractivity contribution in [3.63, 3.8) is 0 Å². The molecule has 2 rings (SSSR count). The first-order valence-corrected chi connectivity index (χ1v) is 8.68. The van der Waals surface area contributed by atoms with Crippen molar-refractivity contribution in [3.05, 3.63) is 69.8 Å². The van der Waals surface area contributed by atoms with Crippen molar-refractivity contribution >= 4 is 23.3 Å². The third-order valence-corrected chi connectivity index (χ3v) is 3.73. The Bertz CT molecular complexity index is 855. The van der Waals surface area contributed by atoms with E-state index in [4.69, 9.17) is 10.5 Å². The molecule has 0 aliphatic heterocycles. The first kappa shape index (κ1) is 21.0. The second-order valence-electron chi connectivity index (χ2n) is 7.30. The van der Waals surface area contributed by atoms with Crippen molar-refractivity contribution < 1.29 is 19.2 Å². The Kier molecular flexibility index (Phi) is 6.48. The fourth-order valence-corrected chi connectivity index (χ4v) is 2.36. The van der Waals surface area contributed by atoms with Gasteiger partial charge in [0.2, 0.25) is 5.91 Å². The number of nitrogens with zero attached hydrogens (tertiary/aromatic N) is 1. The highest BCUT2D eigenvalue weighted by molar-refractivity contribution is 5.96. The van der Waals surface area contributed by atoms with Crippen LogP contribution in [-0.4, -0.2) is 28.4 Å². The maximum atomic E-state index is 12.3. The fourth-order valence-electron chi connectivity index (χ4n) is 2.36. The maximum absolute atomic E-state index is 12.3. The smallest absolute Gasteiger partial charge is 0.338 e. The Balaban J connectivity index is 1.94. The van der Waals surface area contributed by atoms with Crippen LogP contribution in [0.1, 0.15) is 36.7 Å². The number of carbonyl (C=O) groups excluding carboxylic acids is 2. The Morgan fingerprint density at radius 3 is 2.18 bits per heavy atom. The Morgan fingerprint density at radius 2 is 1.68 bits per heavy atom. The van der Waals surface area contributed by atoms with E-state index >= 15 is 0 Å². The Labute approximate surface area is 162 Å². The summed E-state index contributed by atoms with van der Waals surface area (Å²) in [7, 11) is 0. The topological polar surface area (TPSA) is 125 Å². The number of amides is 1. The lowest BCUT2D eigenvalue weighted by Gasteiger charge is -2.19. The lowest BCUT2D eigenvalue weighted by Crippen LogP contribution is -2.37. The van der Waals surface area contributed by atoms with Crippen LogP contribution in [0.2, 0.25) is 0 Å². The van der Waals surface area contributed by atoms with Crippen LogP contribution in [0.15, 0.2) is 48.5 Å². The molecule has 0 heterocycles. The van der Waals surface area contributed by atoms with Crippen LogP contribution < -0.4 is 11.1 Å². The molecule has 28 heavy (non-hydrogen) atoms. The zero-order valence-corrected chi connectivity index (χ0v) is 16.0. The second kappa shape index (κ2) is 8.62. The molecule has 0 saturated heterocycles.